The van der Waals surface area contributed by atoms with E-state index >= 15 is 0 Å². The molecule has 0 saturated carbocycles. The third-order valence-electron chi connectivity index (χ3n) is 4.89. The number of carbonyl (C=O) groups excluding carboxylic acids is 1. The van der Waals surface area contributed by atoms with Crippen LogP contribution in [0.15, 0.2) is 36.0 Å². The zero-order chi connectivity index (χ0) is 20.1. The van der Waals surface area contributed by atoms with Crippen molar-refractivity contribution in [3.63, 3.8) is 0 Å². The van der Waals surface area contributed by atoms with Gasteiger partial charge in [0, 0.05) is 18.1 Å². The second-order valence-electron chi connectivity index (χ2n) is 6.71. The Hall–Kier alpha value is -2.25. The third-order valence-corrected chi connectivity index (χ3v) is 5.41. The minimum Gasteiger partial charge on any atom is -0.320 e. The number of nitrogens with one attached hydrogen (secondary N) is 1. The lowest BCUT2D eigenvalue weighted by Crippen LogP contribution is -2.39. The number of benzene rings is 1. The molecule has 2 amide bonds. The molecule has 2 heterocycles. The molecule has 0 bridgehead atoms. The molecular weight excluding hydrogens is 414 g/mol. The summed E-state index contributed by atoms with van der Waals surface area (Å²) in [4.78, 5) is 17.5. The molecule has 0 saturated heterocycles. The molecule has 1 aromatic carbocycles. The molecule has 0 radical (unpaired) electrons. The summed E-state index contributed by atoms with van der Waals surface area (Å²) < 4.78 is 38.2. The van der Waals surface area contributed by atoms with Gasteiger partial charge in [-0.25, -0.2) is 9.78 Å². The average molecular weight is 428 g/mol. The van der Waals surface area contributed by atoms with Crippen LogP contribution in [0.4, 0.5) is 23.7 Å². The summed E-state index contributed by atoms with van der Waals surface area (Å²) in [6.07, 6.45) is -2.23. The Morgan fingerprint density at radius 2 is 2.00 bits per heavy atom. The van der Waals surface area contributed by atoms with Crippen molar-refractivity contribution >= 4 is 40.5 Å². The van der Waals surface area contributed by atoms with Crippen molar-refractivity contribution in [1.29, 1.82) is 0 Å². The average Bonchev–Trinajstić information content (AvgIpc) is 2.97. The number of aromatic nitrogens is 1. The van der Waals surface area contributed by atoms with Gasteiger partial charge in [0.05, 0.1) is 16.9 Å². The first-order valence-corrected chi connectivity index (χ1v) is 9.26. The minimum atomic E-state index is -4.64. The Kier molecular flexibility index (Phi) is 4.75. The maximum Gasteiger partial charge on any atom is 0.434 e. The van der Waals surface area contributed by atoms with Crippen molar-refractivity contribution in [2.24, 2.45) is 0 Å². The standard InChI is InChI=1S/C19H14Cl2F3N3O/c20-12-2-1-10-5-11-9-27(4-3-14(11)15(10)6-12)18(28)26-13-7-16(21)17(25-8-13)19(22,23)24/h1-2,6-8H,3-5,9H2,(H,26,28). The number of hydrogen-bond acceptors (Lipinski definition) is 2. The number of urea groups is 1. The van der Waals surface area contributed by atoms with Crippen molar-refractivity contribution in [3.8, 4) is 0 Å². The molecule has 4 nitrogen and oxygen atoms in total. The number of amides is 2. The van der Waals surface area contributed by atoms with Gasteiger partial charge in [-0.1, -0.05) is 29.3 Å². The van der Waals surface area contributed by atoms with Gasteiger partial charge in [-0.15, -0.1) is 0 Å². The molecule has 9 heteroatoms. The van der Waals surface area contributed by atoms with Crippen molar-refractivity contribution in [3.05, 3.63) is 62.9 Å². The molecule has 146 valence electrons. The monoisotopic (exact) mass is 427 g/mol. The predicted octanol–water partition coefficient (Wildman–Crippen LogP) is 5.65. The fraction of sp³-hybridized carbons (Fsp3) is 0.263. The summed E-state index contributed by atoms with van der Waals surface area (Å²) in [6.45, 7) is 0.952. The lowest BCUT2D eigenvalue weighted by atomic mass is 9.99. The summed E-state index contributed by atoms with van der Waals surface area (Å²) in [5, 5.41) is 2.69. The van der Waals surface area contributed by atoms with Crippen molar-refractivity contribution in [1.82, 2.24) is 9.88 Å². The molecular formula is C19H14Cl2F3N3O. The topological polar surface area (TPSA) is 45.2 Å². The fourth-order valence-corrected chi connectivity index (χ4v) is 4.07. The van der Waals surface area contributed by atoms with Gasteiger partial charge < -0.3 is 10.2 Å². The lowest BCUT2D eigenvalue weighted by molar-refractivity contribution is -0.141. The highest BCUT2D eigenvalue weighted by molar-refractivity contribution is 6.31. The number of alkyl halides is 3. The van der Waals surface area contributed by atoms with Gasteiger partial charge in [0.25, 0.3) is 0 Å². The van der Waals surface area contributed by atoms with Crippen molar-refractivity contribution < 1.29 is 18.0 Å². The van der Waals surface area contributed by atoms with Gasteiger partial charge in [-0.3, -0.25) is 0 Å². The van der Waals surface area contributed by atoms with Crippen LogP contribution in [0.2, 0.25) is 10.0 Å². The number of rotatable bonds is 1. The van der Waals surface area contributed by atoms with Crippen LogP contribution in [0.5, 0.6) is 0 Å². The third kappa shape index (κ3) is 3.56. The van der Waals surface area contributed by atoms with Gasteiger partial charge >= 0.3 is 12.2 Å². The van der Waals surface area contributed by atoms with Gasteiger partial charge in [-0.2, -0.15) is 13.2 Å². The summed E-state index contributed by atoms with van der Waals surface area (Å²) in [5.74, 6) is 0. The van der Waals surface area contributed by atoms with E-state index in [1.54, 1.807) is 4.90 Å². The van der Waals surface area contributed by atoms with Gasteiger partial charge in [-0.05, 0) is 53.3 Å². The molecule has 0 unspecified atom stereocenters. The molecule has 0 atom stereocenters. The van der Waals surface area contributed by atoms with E-state index in [-0.39, 0.29) is 5.69 Å². The molecule has 28 heavy (non-hydrogen) atoms. The van der Waals surface area contributed by atoms with Crippen LogP contribution in [-0.2, 0) is 12.6 Å². The van der Waals surface area contributed by atoms with Crippen LogP contribution in [0.3, 0.4) is 0 Å². The maximum absolute atomic E-state index is 12.7. The maximum atomic E-state index is 12.7. The fourth-order valence-electron chi connectivity index (χ4n) is 3.62. The Bertz CT molecular complexity index is 1000. The first kappa shape index (κ1) is 19.1. The first-order valence-electron chi connectivity index (χ1n) is 8.51. The Labute approximate surface area is 169 Å². The Balaban J connectivity index is 1.47. The van der Waals surface area contributed by atoms with E-state index in [0.717, 1.165) is 29.8 Å². The number of halogens is 5. The molecule has 1 aliphatic heterocycles. The van der Waals surface area contributed by atoms with Crippen LogP contribution < -0.4 is 5.32 Å². The molecule has 1 aliphatic carbocycles. The highest BCUT2D eigenvalue weighted by Crippen LogP contribution is 2.39. The molecule has 1 aromatic heterocycles. The number of nitrogens with zero attached hydrogens (tertiary/aromatic N) is 2. The number of carbonyl (C=O) groups is 1. The summed E-state index contributed by atoms with van der Waals surface area (Å²) in [7, 11) is 0. The molecule has 0 fully saturated rings. The smallest absolute Gasteiger partial charge is 0.320 e. The Morgan fingerprint density at radius 1 is 1.21 bits per heavy atom. The SMILES string of the molecule is O=C(Nc1cnc(C(F)(F)F)c(Cl)c1)N1CCC2=C(Cc3ccc(Cl)cc32)C1. The highest BCUT2D eigenvalue weighted by atomic mass is 35.5. The molecule has 2 aliphatic rings. The van der Waals surface area contributed by atoms with E-state index in [9.17, 15) is 18.0 Å². The van der Waals surface area contributed by atoms with Crippen molar-refractivity contribution in [2.75, 3.05) is 18.4 Å². The van der Waals surface area contributed by atoms with E-state index in [1.165, 1.54) is 11.1 Å². The van der Waals surface area contributed by atoms with E-state index in [1.807, 2.05) is 18.2 Å². The van der Waals surface area contributed by atoms with Crippen LogP contribution in [0, 0.1) is 0 Å². The summed E-state index contributed by atoms with van der Waals surface area (Å²) >= 11 is 11.7. The first-order chi connectivity index (χ1) is 13.2. The normalized spacial score (nSPS) is 16.1. The number of anilines is 1. The molecule has 1 N–H and O–H groups in total. The lowest BCUT2D eigenvalue weighted by Gasteiger charge is -2.29. The number of fused-ring (bicyclic) bond motifs is 2. The second kappa shape index (κ2) is 6.97. The van der Waals surface area contributed by atoms with E-state index in [0.29, 0.717) is 24.5 Å². The largest absolute Gasteiger partial charge is 0.434 e. The zero-order valence-corrected chi connectivity index (χ0v) is 15.9. The van der Waals surface area contributed by atoms with Gasteiger partial charge in [0.2, 0.25) is 0 Å². The highest BCUT2D eigenvalue weighted by Gasteiger charge is 2.35. The van der Waals surface area contributed by atoms with Gasteiger partial charge in [0.15, 0.2) is 5.69 Å². The number of pyridine rings is 1. The van der Waals surface area contributed by atoms with Crippen molar-refractivity contribution in [2.45, 2.75) is 19.0 Å². The van der Waals surface area contributed by atoms with Crippen LogP contribution >= 0.6 is 23.2 Å². The second-order valence-corrected chi connectivity index (χ2v) is 7.56. The molecule has 4 rings (SSSR count). The molecule has 2 aromatic rings. The predicted molar refractivity (Wildman–Crippen MR) is 102 cm³/mol. The van der Waals surface area contributed by atoms with E-state index < -0.39 is 22.9 Å². The number of hydrogen-bond donors (Lipinski definition) is 1. The van der Waals surface area contributed by atoms with Crippen LogP contribution in [-0.4, -0.2) is 29.0 Å². The van der Waals surface area contributed by atoms with Crippen LogP contribution in [0.25, 0.3) is 5.57 Å². The summed E-state index contributed by atoms with van der Waals surface area (Å²) in [5.41, 5.74) is 3.64. The van der Waals surface area contributed by atoms with Crippen LogP contribution in [0.1, 0.15) is 23.2 Å². The van der Waals surface area contributed by atoms with Gasteiger partial charge in [0.1, 0.15) is 0 Å². The quantitative estimate of drug-likeness (QED) is 0.638. The zero-order valence-electron chi connectivity index (χ0n) is 14.4. The van der Waals surface area contributed by atoms with E-state index in [4.69, 9.17) is 23.2 Å². The Morgan fingerprint density at radius 3 is 2.71 bits per heavy atom. The van der Waals surface area contributed by atoms with E-state index in [2.05, 4.69) is 10.3 Å². The molecule has 0 spiro atoms. The minimum absolute atomic E-state index is 0.115. The summed E-state index contributed by atoms with van der Waals surface area (Å²) in [6, 6.07) is 6.45.